The maximum absolute atomic E-state index is 11.7. The average Bonchev–Trinajstić information content (AvgIpc) is 3.31. The summed E-state index contributed by atoms with van der Waals surface area (Å²) in [5, 5.41) is 14.7. The van der Waals surface area contributed by atoms with Gasteiger partial charge in [0.05, 0.1) is 11.5 Å². The van der Waals surface area contributed by atoms with Gasteiger partial charge in [-0.25, -0.2) is 4.98 Å². The fraction of sp³-hybridized carbons (Fsp3) is 0.386. The summed E-state index contributed by atoms with van der Waals surface area (Å²) < 4.78 is 0. The standard InChI is InChI=1S/C31H27N2.C13H24O2.Ir/c1-30(2,3)25-17-21(16-20-11-7-8-12-22(20)25)28-26-24-15-14-19-10-6-9-13-23(19)27(24)31(4,5)29(26)33-18-32-28;1-5-10(6-2)12(14)9-13(15)11(7-3)8-4;/h6-15,17-18H,1-5H3;9-11,14H,5-8H2,1-4H3;/q-1;;/b;12-9-;. The van der Waals surface area contributed by atoms with Crippen molar-refractivity contribution < 1.29 is 30.0 Å². The molecule has 1 aliphatic rings. The second-order valence-electron chi connectivity index (χ2n) is 14.7. The van der Waals surface area contributed by atoms with Crippen LogP contribution >= 0.6 is 0 Å². The van der Waals surface area contributed by atoms with Crippen LogP contribution in [0.2, 0.25) is 0 Å². The number of aromatic nitrogens is 2. The van der Waals surface area contributed by atoms with Crippen molar-refractivity contribution in [2.24, 2.45) is 11.8 Å². The minimum Gasteiger partial charge on any atom is -0.512 e. The van der Waals surface area contributed by atoms with Crippen LogP contribution in [-0.2, 0) is 35.7 Å². The number of benzene rings is 4. The van der Waals surface area contributed by atoms with Crippen molar-refractivity contribution in [1.29, 1.82) is 0 Å². The number of hydrogen-bond acceptors (Lipinski definition) is 4. The summed E-state index contributed by atoms with van der Waals surface area (Å²) in [5.41, 5.74) is 7.95. The second kappa shape index (κ2) is 15.5. The van der Waals surface area contributed by atoms with E-state index >= 15 is 0 Å². The fourth-order valence-corrected chi connectivity index (χ4v) is 7.35. The van der Waals surface area contributed by atoms with Crippen molar-refractivity contribution in [3.05, 3.63) is 108 Å². The van der Waals surface area contributed by atoms with E-state index in [1.165, 1.54) is 38.9 Å². The van der Waals surface area contributed by atoms with Gasteiger partial charge in [0.15, 0.2) is 5.78 Å². The summed E-state index contributed by atoms with van der Waals surface area (Å²) in [7, 11) is 0. The van der Waals surface area contributed by atoms with E-state index in [0.29, 0.717) is 0 Å². The van der Waals surface area contributed by atoms with E-state index in [-0.39, 0.29) is 54.3 Å². The molecule has 1 radical (unpaired) electrons. The van der Waals surface area contributed by atoms with E-state index in [1.54, 1.807) is 6.33 Å². The molecule has 0 saturated heterocycles. The van der Waals surface area contributed by atoms with Crippen LogP contribution in [0.4, 0.5) is 0 Å². The topological polar surface area (TPSA) is 63.1 Å². The van der Waals surface area contributed by atoms with Crippen molar-refractivity contribution in [3.8, 4) is 22.4 Å². The fourth-order valence-electron chi connectivity index (χ4n) is 7.35. The molecule has 1 N–H and O–H groups in total. The molecule has 6 rings (SSSR count). The Kier molecular flexibility index (Phi) is 12.1. The molecule has 0 aliphatic heterocycles. The smallest absolute Gasteiger partial charge is 0.162 e. The van der Waals surface area contributed by atoms with Crippen molar-refractivity contribution >= 4 is 27.3 Å². The molecular formula is C44H51IrN2O2-. The van der Waals surface area contributed by atoms with Crippen molar-refractivity contribution in [1.82, 2.24) is 9.97 Å². The summed E-state index contributed by atoms with van der Waals surface area (Å²) >= 11 is 0. The molecule has 4 aromatic carbocycles. The van der Waals surface area contributed by atoms with Gasteiger partial charge < -0.3 is 5.11 Å². The van der Waals surface area contributed by atoms with Crippen molar-refractivity contribution in [3.63, 3.8) is 0 Å². The summed E-state index contributed by atoms with van der Waals surface area (Å²) in [6.45, 7) is 19.5. The zero-order valence-electron chi connectivity index (χ0n) is 30.6. The van der Waals surface area contributed by atoms with E-state index in [1.807, 2.05) is 27.7 Å². The number of fused-ring (bicyclic) bond motifs is 6. The molecule has 0 spiro atoms. The Morgan fingerprint density at radius 3 is 2.10 bits per heavy atom. The third-order valence-corrected chi connectivity index (χ3v) is 10.2. The Balaban J connectivity index is 0.000000290. The first-order chi connectivity index (χ1) is 22.9. The van der Waals surface area contributed by atoms with Crippen LogP contribution in [0.5, 0.6) is 0 Å². The minimum atomic E-state index is -0.201. The first-order valence-electron chi connectivity index (χ1n) is 17.7. The first-order valence-corrected chi connectivity index (χ1v) is 17.7. The van der Waals surface area contributed by atoms with Gasteiger partial charge in [-0.1, -0.05) is 128 Å². The number of aliphatic hydroxyl groups excluding tert-OH is 1. The second-order valence-corrected chi connectivity index (χ2v) is 14.7. The molecule has 4 nitrogen and oxygen atoms in total. The SMILES string of the molecule is CC(C)(C)c1cc(-c2ncnc3c2-c2ccc4ccccc4c2C3(C)C)[c-]c2ccccc12.CCC(CC)C(=O)/C=C(\O)C(CC)CC.[Ir]. The van der Waals surface area contributed by atoms with Crippen LogP contribution in [0.1, 0.15) is 105 Å². The average molecular weight is 832 g/mol. The number of allylic oxidation sites excluding steroid dienone is 2. The van der Waals surface area contributed by atoms with E-state index in [0.717, 1.165) is 53.6 Å². The number of nitrogens with zero attached hydrogens (tertiary/aromatic N) is 2. The Morgan fingerprint density at radius 2 is 1.47 bits per heavy atom. The van der Waals surface area contributed by atoms with E-state index in [9.17, 15) is 9.90 Å². The molecule has 0 saturated carbocycles. The molecular weight excluding hydrogens is 781 g/mol. The molecule has 0 amide bonds. The van der Waals surface area contributed by atoms with Gasteiger partial charge in [-0.3, -0.25) is 9.78 Å². The van der Waals surface area contributed by atoms with Crippen molar-refractivity contribution in [2.45, 2.75) is 98.8 Å². The Hall–Kier alpha value is -3.66. The summed E-state index contributed by atoms with van der Waals surface area (Å²) in [6, 6.07) is 27.7. The van der Waals surface area contributed by atoms with Gasteiger partial charge in [0.25, 0.3) is 0 Å². The monoisotopic (exact) mass is 832 g/mol. The number of carbonyl (C=O) groups excluding carboxylic acids is 1. The van der Waals surface area contributed by atoms with Crippen LogP contribution in [0.3, 0.4) is 0 Å². The van der Waals surface area contributed by atoms with Gasteiger partial charge in [-0.05, 0) is 58.6 Å². The summed E-state index contributed by atoms with van der Waals surface area (Å²) in [5.74, 6) is 0.547. The summed E-state index contributed by atoms with van der Waals surface area (Å²) in [6.07, 6.45) is 6.63. The van der Waals surface area contributed by atoms with E-state index in [2.05, 4.69) is 107 Å². The third-order valence-electron chi connectivity index (χ3n) is 10.2. The molecule has 1 aromatic heterocycles. The van der Waals surface area contributed by atoms with Crippen molar-refractivity contribution in [2.75, 3.05) is 0 Å². The van der Waals surface area contributed by atoms with Gasteiger partial charge >= 0.3 is 0 Å². The Bertz CT molecular complexity index is 1980. The maximum Gasteiger partial charge on any atom is 0.162 e. The number of hydrogen-bond donors (Lipinski definition) is 1. The third kappa shape index (κ3) is 7.44. The van der Waals surface area contributed by atoms with Crippen LogP contribution in [0, 0.1) is 17.9 Å². The zero-order chi connectivity index (χ0) is 34.8. The first kappa shape index (κ1) is 38.1. The Labute approximate surface area is 306 Å². The van der Waals surface area contributed by atoms with Gasteiger partial charge in [-0.15, -0.1) is 29.1 Å². The molecule has 1 heterocycles. The predicted octanol–water partition coefficient (Wildman–Crippen LogP) is 11.7. The number of ketones is 1. The normalized spacial score (nSPS) is 13.6. The summed E-state index contributed by atoms with van der Waals surface area (Å²) in [4.78, 5) is 21.4. The number of rotatable bonds is 8. The maximum atomic E-state index is 11.7. The molecule has 0 unspecified atom stereocenters. The minimum absolute atomic E-state index is 0. The van der Waals surface area contributed by atoms with Gasteiger partial charge in [0.1, 0.15) is 6.33 Å². The number of carbonyl (C=O) groups is 1. The number of aliphatic hydroxyl groups is 1. The van der Waals surface area contributed by atoms with Gasteiger partial charge in [-0.2, -0.15) is 0 Å². The van der Waals surface area contributed by atoms with E-state index in [4.69, 9.17) is 9.97 Å². The quantitative estimate of drug-likeness (QED) is 0.0961. The van der Waals surface area contributed by atoms with Crippen LogP contribution in [-0.4, -0.2) is 20.9 Å². The van der Waals surface area contributed by atoms with Gasteiger partial charge in [0, 0.05) is 49.1 Å². The van der Waals surface area contributed by atoms with Crippen LogP contribution in [0.25, 0.3) is 43.9 Å². The molecule has 0 fully saturated rings. The van der Waals surface area contributed by atoms with Gasteiger partial charge in [0.2, 0.25) is 0 Å². The van der Waals surface area contributed by atoms with Crippen LogP contribution < -0.4 is 0 Å². The molecule has 0 bridgehead atoms. The molecule has 259 valence electrons. The van der Waals surface area contributed by atoms with E-state index < -0.39 is 0 Å². The molecule has 1 aliphatic carbocycles. The molecule has 5 aromatic rings. The predicted molar refractivity (Wildman–Crippen MR) is 201 cm³/mol. The largest absolute Gasteiger partial charge is 0.512 e. The molecule has 49 heavy (non-hydrogen) atoms. The molecule has 0 atom stereocenters. The molecule has 5 heteroatoms. The van der Waals surface area contributed by atoms with Crippen LogP contribution in [0.15, 0.2) is 84.9 Å². The Morgan fingerprint density at radius 1 is 0.857 bits per heavy atom. The zero-order valence-corrected chi connectivity index (χ0v) is 33.0.